The highest BCUT2D eigenvalue weighted by atomic mass is 19.4. The second kappa shape index (κ2) is 4.40. The lowest BCUT2D eigenvalue weighted by Gasteiger charge is -2.19. The largest absolute Gasteiger partial charge is 0.423 e. The predicted molar refractivity (Wildman–Crippen MR) is 48.7 cm³/mol. The number of rotatable bonds is 2. The van der Waals surface area contributed by atoms with E-state index in [1.807, 2.05) is 0 Å². The molecule has 1 N–H and O–H groups in total. The van der Waals surface area contributed by atoms with Crippen LogP contribution in [0.1, 0.15) is 37.1 Å². The van der Waals surface area contributed by atoms with E-state index in [0.717, 1.165) is 25.8 Å². The molecular formula is C9H12F3N3O. The van der Waals surface area contributed by atoms with Gasteiger partial charge in [-0.15, -0.1) is 10.2 Å². The lowest BCUT2D eigenvalue weighted by molar-refractivity contribution is -0.131. The number of piperidine rings is 1. The minimum absolute atomic E-state index is 0.0942. The van der Waals surface area contributed by atoms with E-state index >= 15 is 0 Å². The van der Waals surface area contributed by atoms with Crippen LogP contribution in [-0.2, 0) is 6.42 Å². The number of nitrogens with zero attached hydrogens (tertiary/aromatic N) is 2. The van der Waals surface area contributed by atoms with E-state index in [0.29, 0.717) is 0 Å². The van der Waals surface area contributed by atoms with E-state index in [4.69, 9.17) is 4.42 Å². The van der Waals surface area contributed by atoms with E-state index in [9.17, 15) is 13.2 Å². The Hall–Kier alpha value is -1.11. The minimum Gasteiger partial charge on any atom is -0.423 e. The summed E-state index contributed by atoms with van der Waals surface area (Å²) < 4.78 is 41.1. The maximum atomic E-state index is 12.0. The van der Waals surface area contributed by atoms with Crippen LogP contribution in [0.5, 0.6) is 0 Å². The number of nitrogens with one attached hydrogen (secondary N) is 1. The molecule has 0 amide bonds. The molecule has 0 saturated carbocycles. The van der Waals surface area contributed by atoms with Gasteiger partial charge in [0.2, 0.25) is 11.8 Å². The van der Waals surface area contributed by atoms with Crippen LogP contribution < -0.4 is 5.32 Å². The zero-order chi connectivity index (χ0) is 11.6. The van der Waals surface area contributed by atoms with Crippen molar-refractivity contribution in [3.8, 4) is 0 Å². The molecule has 7 heteroatoms. The smallest absolute Gasteiger partial charge is 0.397 e. The Morgan fingerprint density at radius 3 is 2.75 bits per heavy atom. The summed E-state index contributed by atoms with van der Waals surface area (Å²) in [5, 5.41) is 10.2. The van der Waals surface area contributed by atoms with Gasteiger partial charge in [0.05, 0.1) is 6.04 Å². The van der Waals surface area contributed by atoms with E-state index in [1.165, 1.54) is 0 Å². The summed E-state index contributed by atoms with van der Waals surface area (Å²) in [5.41, 5.74) is 0. The first kappa shape index (κ1) is 11.4. The normalized spacial score (nSPS) is 22.3. The average Bonchev–Trinajstić information content (AvgIpc) is 2.65. The van der Waals surface area contributed by atoms with Crippen LogP contribution in [0.4, 0.5) is 13.2 Å². The van der Waals surface area contributed by atoms with E-state index in [2.05, 4.69) is 15.5 Å². The van der Waals surface area contributed by atoms with Gasteiger partial charge in [0.1, 0.15) is 6.42 Å². The number of alkyl halides is 3. The molecule has 1 aromatic heterocycles. The number of hydrogen-bond donors (Lipinski definition) is 1. The summed E-state index contributed by atoms with van der Waals surface area (Å²) in [4.78, 5) is 0. The van der Waals surface area contributed by atoms with E-state index in [1.54, 1.807) is 0 Å². The van der Waals surface area contributed by atoms with Gasteiger partial charge in [-0.2, -0.15) is 13.2 Å². The van der Waals surface area contributed by atoms with Crippen LogP contribution in [0.25, 0.3) is 0 Å². The Balaban J connectivity index is 2.01. The summed E-state index contributed by atoms with van der Waals surface area (Å²) in [5.74, 6) is -0.103. The Bertz CT molecular complexity index is 344. The quantitative estimate of drug-likeness (QED) is 0.851. The van der Waals surface area contributed by atoms with Gasteiger partial charge in [-0.1, -0.05) is 6.42 Å². The summed E-state index contributed by atoms with van der Waals surface area (Å²) in [6, 6.07) is -0.0942. The Morgan fingerprint density at radius 2 is 2.12 bits per heavy atom. The van der Waals surface area contributed by atoms with Crippen LogP contribution in [0.15, 0.2) is 4.42 Å². The van der Waals surface area contributed by atoms with Crippen LogP contribution >= 0.6 is 0 Å². The van der Waals surface area contributed by atoms with Crippen LogP contribution in [-0.4, -0.2) is 22.9 Å². The third kappa shape index (κ3) is 2.94. The summed E-state index contributed by atoms with van der Waals surface area (Å²) in [6.45, 7) is 0.835. The summed E-state index contributed by atoms with van der Waals surface area (Å²) in [7, 11) is 0. The third-order valence-electron chi connectivity index (χ3n) is 2.44. The van der Waals surface area contributed by atoms with Gasteiger partial charge in [-0.05, 0) is 19.4 Å². The maximum Gasteiger partial charge on any atom is 0.397 e. The fourth-order valence-electron chi connectivity index (χ4n) is 1.71. The highest BCUT2D eigenvalue weighted by Gasteiger charge is 2.31. The number of aromatic nitrogens is 2. The molecule has 1 saturated heterocycles. The van der Waals surface area contributed by atoms with Gasteiger partial charge < -0.3 is 9.73 Å². The maximum absolute atomic E-state index is 12.0. The zero-order valence-electron chi connectivity index (χ0n) is 8.55. The second-order valence-corrected chi connectivity index (χ2v) is 3.83. The molecule has 4 nitrogen and oxygen atoms in total. The van der Waals surface area contributed by atoms with Crippen LogP contribution in [0.3, 0.4) is 0 Å². The second-order valence-electron chi connectivity index (χ2n) is 3.83. The molecule has 1 aliphatic heterocycles. The zero-order valence-corrected chi connectivity index (χ0v) is 8.55. The molecule has 1 atom stereocenters. The first-order valence-corrected chi connectivity index (χ1v) is 5.17. The van der Waals surface area contributed by atoms with Crippen LogP contribution in [0, 0.1) is 0 Å². The van der Waals surface area contributed by atoms with Crippen molar-refractivity contribution in [3.63, 3.8) is 0 Å². The van der Waals surface area contributed by atoms with E-state index < -0.39 is 12.6 Å². The van der Waals surface area contributed by atoms with Crippen molar-refractivity contribution in [1.29, 1.82) is 0 Å². The van der Waals surface area contributed by atoms with Crippen molar-refractivity contribution in [2.75, 3.05) is 6.54 Å². The lowest BCUT2D eigenvalue weighted by Crippen LogP contribution is -2.26. The molecule has 90 valence electrons. The standard InChI is InChI=1S/C9H12F3N3O/c10-9(11,12)5-7-14-15-8(16-7)6-3-1-2-4-13-6/h6,13H,1-5H2. The lowest BCUT2D eigenvalue weighted by atomic mass is 10.1. The molecule has 0 spiro atoms. The predicted octanol–water partition coefficient (Wildman–Crippen LogP) is 1.99. The topological polar surface area (TPSA) is 51.0 Å². The van der Waals surface area contributed by atoms with Crippen molar-refractivity contribution in [2.24, 2.45) is 0 Å². The Kier molecular flexibility index (Phi) is 3.13. The van der Waals surface area contributed by atoms with Crippen molar-refractivity contribution in [2.45, 2.75) is 37.9 Å². The number of hydrogen-bond acceptors (Lipinski definition) is 4. The molecule has 1 fully saturated rings. The molecule has 1 unspecified atom stereocenters. The molecule has 1 aliphatic rings. The summed E-state index contributed by atoms with van der Waals surface area (Å²) >= 11 is 0. The van der Waals surface area contributed by atoms with Gasteiger partial charge in [-0.25, -0.2) is 0 Å². The molecule has 0 aliphatic carbocycles. The molecule has 0 bridgehead atoms. The fraction of sp³-hybridized carbons (Fsp3) is 0.778. The molecule has 0 radical (unpaired) electrons. The molecular weight excluding hydrogens is 223 g/mol. The summed E-state index contributed by atoms with van der Waals surface area (Å²) in [6.07, 6.45) is -2.54. The Morgan fingerprint density at radius 1 is 1.31 bits per heavy atom. The Labute approximate surface area is 90.2 Å². The molecule has 16 heavy (non-hydrogen) atoms. The first-order valence-electron chi connectivity index (χ1n) is 5.17. The average molecular weight is 235 g/mol. The van der Waals surface area contributed by atoms with Gasteiger partial charge in [-0.3, -0.25) is 0 Å². The third-order valence-corrected chi connectivity index (χ3v) is 2.44. The van der Waals surface area contributed by atoms with Crippen molar-refractivity contribution in [1.82, 2.24) is 15.5 Å². The highest BCUT2D eigenvalue weighted by molar-refractivity contribution is 4.92. The molecule has 2 rings (SSSR count). The molecule has 1 aromatic rings. The van der Waals surface area contributed by atoms with Gasteiger partial charge in [0.25, 0.3) is 0 Å². The van der Waals surface area contributed by atoms with Gasteiger partial charge in [0, 0.05) is 0 Å². The highest BCUT2D eigenvalue weighted by Crippen LogP contribution is 2.24. The van der Waals surface area contributed by atoms with Crippen molar-refractivity contribution in [3.05, 3.63) is 11.8 Å². The monoisotopic (exact) mass is 235 g/mol. The SMILES string of the molecule is FC(F)(F)Cc1nnc(C2CCCCN2)o1. The first-order chi connectivity index (χ1) is 7.54. The van der Waals surface area contributed by atoms with Gasteiger partial charge in [0.15, 0.2) is 0 Å². The van der Waals surface area contributed by atoms with Crippen molar-refractivity contribution >= 4 is 0 Å². The van der Waals surface area contributed by atoms with E-state index in [-0.39, 0.29) is 17.8 Å². The minimum atomic E-state index is -4.30. The fourth-order valence-corrected chi connectivity index (χ4v) is 1.71. The number of halogens is 3. The molecule has 0 aromatic carbocycles. The van der Waals surface area contributed by atoms with Crippen LogP contribution in [0.2, 0.25) is 0 Å². The van der Waals surface area contributed by atoms with Gasteiger partial charge >= 0.3 is 6.18 Å². The molecule has 2 heterocycles. The van der Waals surface area contributed by atoms with Crippen molar-refractivity contribution < 1.29 is 17.6 Å².